The van der Waals surface area contributed by atoms with Crippen LogP contribution in [0.25, 0.3) is 11.3 Å². The Labute approximate surface area is 814 Å². The maximum atomic E-state index is 13.5. The van der Waals surface area contributed by atoms with Crippen molar-refractivity contribution >= 4 is 53.5 Å². The second kappa shape index (κ2) is 55.4. The predicted octanol–water partition coefficient (Wildman–Crippen LogP) is 15.4. The van der Waals surface area contributed by atoms with Crippen LogP contribution in [0.15, 0.2) is 240 Å². The highest BCUT2D eigenvalue weighted by atomic mass is 16.8. The smallest absolute Gasteiger partial charge is 0.336 e. The molecule has 8 aromatic carbocycles. The number of aliphatic hydroxyl groups excluding tert-OH is 4. The molecule has 0 radical (unpaired) electrons. The molecule has 8 heterocycles. The van der Waals surface area contributed by atoms with E-state index in [9.17, 15) is 53.7 Å². The summed E-state index contributed by atoms with van der Waals surface area (Å²) in [4.78, 5) is 109. The van der Waals surface area contributed by atoms with Crippen molar-refractivity contribution in [1.29, 1.82) is 0 Å². The van der Waals surface area contributed by atoms with Gasteiger partial charge >= 0.3 is 5.97 Å². The van der Waals surface area contributed by atoms with Gasteiger partial charge in [0.2, 0.25) is 0 Å². The Kier molecular flexibility index (Phi) is 47.4. The van der Waals surface area contributed by atoms with Crippen LogP contribution in [0.4, 0.5) is 0 Å². The number of aromatic nitrogens is 1. The van der Waals surface area contributed by atoms with Gasteiger partial charge in [0.05, 0.1) is 43.6 Å². The summed E-state index contributed by atoms with van der Waals surface area (Å²) >= 11 is 0. The maximum Gasteiger partial charge on any atom is 0.336 e. The molecule has 11 N–H and O–H groups in total. The first-order valence-electron chi connectivity index (χ1n) is 43.8. The van der Waals surface area contributed by atoms with E-state index in [1.807, 2.05) is 216 Å². The normalized spacial score (nSPS) is 21.2. The number of nitrogens with one attached hydrogen (secondary N) is 3. The first-order chi connectivity index (χ1) is 62.5. The molecular weight excluding hydrogens is 1760 g/mol. The molecule has 7 aliphatic heterocycles. The number of ether oxygens (including phenoxy) is 6. The first-order valence-corrected chi connectivity index (χ1v) is 43.8. The van der Waals surface area contributed by atoms with Crippen LogP contribution >= 0.6 is 0 Å². The van der Waals surface area contributed by atoms with E-state index in [1.54, 1.807) is 69.5 Å². The summed E-state index contributed by atoms with van der Waals surface area (Å²) in [5.41, 5.74) is 17.3. The molecule has 31 heteroatoms. The third-order valence-electron chi connectivity index (χ3n) is 23.4. The summed E-state index contributed by atoms with van der Waals surface area (Å²) in [6.07, 6.45) is -0.413. The molecule has 12 atom stereocenters. The van der Waals surface area contributed by atoms with Crippen molar-refractivity contribution in [2.24, 2.45) is 10.9 Å². The maximum absolute atomic E-state index is 13.5. The number of amides is 7. The highest BCUT2D eigenvalue weighted by Gasteiger charge is 2.55. The van der Waals surface area contributed by atoms with Gasteiger partial charge in [-0.25, -0.2) is 4.79 Å². The molecule has 31 nitrogen and oxygen atoms in total. The molecular formula is C107H148N10O21. The molecule has 0 bridgehead atoms. The number of likely N-dealkylation sites (tertiary alicyclic amines) is 4. The molecule has 138 heavy (non-hydrogen) atoms. The second-order valence-electron chi connectivity index (χ2n) is 33.9. The fourth-order valence-electron chi connectivity index (χ4n) is 16.9. The lowest BCUT2D eigenvalue weighted by atomic mass is 10.0. The largest absolute Gasteiger partial charge is 0.479 e. The summed E-state index contributed by atoms with van der Waals surface area (Å²) < 4.78 is 39.3. The van der Waals surface area contributed by atoms with Crippen LogP contribution in [0.3, 0.4) is 0 Å². The Balaban J connectivity index is 0.000000366. The van der Waals surface area contributed by atoms with Gasteiger partial charge in [-0.1, -0.05) is 288 Å². The molecule has 0 spiro atoms. The van der Waals surface area contributed by atoms with Crippen LogP contribution in [0.2, 0.25) is 0 Å². The molecule has 0 saturated carbocycles. The van der Waals surface area contributed by atoms with Crippen molar-refractivity contribution in [3.63, 3.8) is 0 Å². The van der Waals surface area contributed by atoms with Crippen LogP contribution in [-0.4, -0.2) is 201 Å². The van der Waals surface area contributed by atoms with Crippen LogP contribution in [0.1, 0.15) is 238 Å². The summed E-state index contributed by atoms with van der Waals surface area (Å²) in [7, 11) is 0. The quantitative estimate of drug-likeness (QED) is 0.0153. The Bertz CT molecular complexity index is 5200. The minimum absolute atomic E-state index is 0. The van der Waals surface area contributed by atoms with Crippen molar-refractivity contribution in [2.45, 2.75) is 282 Å². The van der Waals surface area contributed by atoms with Gasteiger partial charge in [-0.3, -0.25) is 33.6 Å². The first kappa shape index (κ1) is 118. The zero-order valence-electron chi connectivity index (χ0n) is 73.7. The number of rotatable bonds is 24. The highest BCUT2D eigenvalue weighted by molar-refractivity contribution is 5.94. The Hall–Kier alpha value is -12.2. The van der Waals surface area contributed by atoms with E-state index in [-0.39, 0.29) is 134 Å². The lowest BCUT2D eigenvalue weighted by molar-refractivity contribution is -0.168. The summed E-state index contributed by atoms with van der Waals surface area (Å²) in [6.45, 7) is 13.8. The fraction of sp³-hybridized carbons (Fsp3) is 0.439. The monoisotopic (exact) mass is 1910 g/mol. The Morgan fingerprint density at radius 2 is 0.710 bits per heavy atom. The number of nitrogens with two attached hydrogens (primary N) is 1. The van der Waals surface area contributed by atoms with E-state index >= 15 is 0 Å². The molecule has 0 unspecified atom stereocenters. The van der Waals surface area contributed by atoms with E-state index < -0.39 is 89.9 Å². The molecule has 7 amide bonds. The molecule has 9 aromatic rings. The summed E-state index contributed by atoms with van der Waals surface area (Å²) in [6, 6.07) is 70.1. The molecule has 7 saturated heterocycles. The van der Waals surface area contributed by atoms with E-state index in [2.05, 4.69) is 26.3 Å². The average molecular weight is 1910 g/mol. The Morgan fingerprint density at radius 1 is 0.406 bits per heavy atom. The predicted molar refractivity (Wildman–Crippen MR) is 531 cm³/mol. The number of nitrogens with zero attached hydrogens (tertiary/aromatic N) is 6. The number of carbonyl (C=O) groups is 8. The average Bonchev–Trinajstić information content (AvgIpc) is 1.63. The number of oxime groups is 1. The van der Waals surface area contributed by atoms with Gasteiger partial charge in [0, 0.05) is 64.0 Å². The highest BCUT2D eigenvalue weighted by Crippen LogP contribution is 2.41. The number of carboxylic acids is 1. The van der Waals surface area contributed by atoms with E-state index in [0.717, 1.165) is 118 Å². The topological polar surface area (TPSA) is 427 Å². The summed E-state index contributed by atoms with van der Waals surface area (Å²) in [5.74, 6) is -7.30. The number of aliphatic hydroxyl groups is 4. The zero-order chi connectivity index (χ0) is 92.7. The van der Waals surface area contributed by atoms with Crippen LogP contribution in [-0.2, 0) is 106 Å². The molecule has 0 aliphatic carbocycles. The lowest BCUT2D eigenvalue weighted by Gasteiger charge is -2.28. The van der Waals surface area contributed by atoms with Gasteiger partial charge in [-0.05, 0) is 154 Å². The number of benzene rings is 8. The van der Waals surface area contributed by atoms with Crippen molar-refractivity contribution in [3.8, 4) is 11.3 Å². The fourth-order valence-corrected chi connectivity index (χ4v) is 16.9. The molecule has 1 aromatic heterocycles. The van der Waals surface area contributed by atoms with Gasteiger partial charge in [0.1, 0.15) is 12.0 Å². The lowest BCUT2D eigenvalue weighted by Crippen LogP contribution is -2.50. The minimum atomic E-state index is -1.85. The van der Waals surface area contributed by atoms with E-state index in [0.29, 0.717) is 45.0 Å². The van der Waals surface area contributed by atoms with E-state index in [4.69, 9.17) is 54.1 Å². The Morgan fingerprint density at radius 3 is 1.04 bits per heavy atom. The molecule has 16 rings (SSSR count). The van der Waals surface area contributed by atoms with Crippen LogP contribution < -0.4 is 21.7 Å². The standard InChI is InChI=1S/C25H29N3O5.C25H30N2O5.C24H25N3O5.C17H21NO5.C8H11NO.8CH4/c1-25(2)32-21(23(29)26-15-17-10-12-18(13-11-17)16-27-31)22(33-25)24(30)28-14-6-9-20(28)19-7-4-3-5-8-19;1-25(2)31-21(23(29)26-15-17-10-12-18(16-28)13-11-17)22(32-25)24(30)27-14-6-9-20(27)19-7-4-3-5-8-19;28-21(22(29)24(31)27-13-4-7-20(27)18-5-2-1-3-6-18)23(30)25-15-16-8-10-17(11-9-16)19-12-14-32-26-19;1-17(2)22-13(14(23-17)16(20)21)15(19)18-10-6-9-12(18)11-7-4-3-5-8-11;9-5-7-1-3-8(6-10)4-2-7;;;;;;;;/h3-5,7-8,10-13,16,20-22,31H,6,9,14-15H2,1-2H3,(H,26,29);3-5,7-8,10-13,20-22,28H,6,9,14-16H2,1-2H3,(H,26,29);1-3,5-6,8-12,14,20-22,28-29H,4,7,13,15H2,(H,25,30);3-5,7-8,12-14H,6,9-10H2,1-2H3,(H,20,21);1-4,10H,5-6,9H2;8*1H4/t3*20-,21-,22-;12-,13-,14-;;;;;;;;;/m1111........./s1. The van der Waals surface area contributed by atoms with Crippen molar-refractivity contribution in [2.75, 3.05) is 26.2 Å². The van der Waals surface area contributed by atoms with Gasteiger partial charge in [-0.2, -0.15) is 0 Å². The third-order valence-corrected chi connectivity index (χ3v) is 23.4. The number of carboxylic acid groups (broad SMARTS) is 1. The van der Waals surface area contributed by atoms with Gasteiger partial charge in [0.25, 0.3) is 41.4 Å². The number of aliphatic carboxylic acids is 1. The molecule has 752 valence electrons. The van der Waals surface area contributed by atoms with Gasteiger partial charge in [0.15, 0.2) is 66.2 Å². The van der Waals surface area contributed by atoms with E-state index in [1.165, 1.54) is 12.5 Å². The minimum Gasteiger partial charge on any atom is -0.479 e. The molecule has 7 aliphatic rings. The number of carbonyl (C=O) groups excluding carboxylic acids is 7. The number of hydrogen-bond donors (Lipinski definition) is 10. The second-order valence-corrected chi connectivity index (χ2v) is 33.9. The van der Waals surface area contributed by atoms with Crippen molar-refractivity contribution in [3.05, 3.63) is 292 Å². The zero-order valence-corrected chi connectivity index (χ0v) is 73.7. The number of hydrogen-bond acceptors (Lipinski definition) is 23. The van der Waals surface area contributed by atoms with Crippen molar-refractivity contribution < 1.29 is 102 Å². The summed E-state index contributed by atoms with van der Waals surface area (Å²) in [5, 5.41) is 71.6. The molecule has 7 fully saturated rings. The third kappa shape index (κ3) is 31.1. The van der Waals surface area contributed by atoms with Crippen LogP contribution in [0, 0.1) is 0 Å². The van der Waals surface area contributed by atoms with Gasteiger partial charge < -0.3 is 105 Å². The van der Waals surface area contributed by atoms with Gasteiger partial charge in [-0.15, -0.1) is 0 Å². The van der Waals surface area contributed by atoms with Crippen LogP contribution in [0.5, 0.6) is 0 Å². The van der Waals surface area contributed by atoms with Crippen molar-refractivity contribution in [1.82, 2.24) is 40.7 Å². The SMILES string of the molecule is C.C.C.C.C.C.C.C.CC1(C)O[C@@H](C(=O)NCc2ccc(C=NO)cc2)[C@H](C(=O)N2CCC[C@@H]2c2ccccc2)O1.CC1(C)O[C@@H](C(=O)NCc2ccc(CO)cc2)[C@H](C(=O)N2CCC[C@@H]2c2ccccc2)O1.CC1(C)O[C@@H](C(=O)O)[C@H](C(=O)N2CCC[C@@H]2c2ccccc2)O1.NCc1ccc(CO)cc1.O=C(NCc1ccc(-c2ccon2)cc1)[C@H](O)[C@@H](O)C(=O)N1CCC[C@@H]1c1ccccc1.